The number of benzene rings is 1. The van der Waals surface area contributed by atoms with E-state index in [2.05, 4.69) is 5.32 Å². The predicted octanol–water partition coefficient (Wildman–Crippen LogP) is 3.12. The first-order valence-electron chi connectivity index (χ1n) is 7.62. The second-order valence-corrected chi connectivity index (χ2v) is 7.18. The van der Waals surface area contributed by atoms with E-state index < -0.39 is 11.4 Å². The number of rotatable bonds is 4. The highest BCUT2D eigenvalue weighted by Crippen LogP contribution is 2.48. The molecule has 0 radical (unpaired) electrons. The molecule has 5 nitrogen and oxygen atoms in total. The number of anilines is 1. The van der Waals surface area contributed by atoms with Crippen molar-refractivity contribution in [3.8, 4) is 0 Å². The first-order valence-corrected chi connectivity index (χ1v) is 8.37. The van der Waals surface area contributed by atoms with Crippen LogP contribution in [0.25, 0.3) is 0 Å². The van der Waals surface area contributed by atoms with E-state index in [9.17, 15) is 14.7 Å². The zero-order valence-corrected chi connectivity index (χ0v) is 14.0. The summed E-state index contributed by atoms with van der Waals surface area (Å²) < 4.78 is 0. The van der Waals surface area contributed by atoms with Crippen molar-refractivity contribution in [2.45, 2.75) is 19.3 Å². The topological polar surface area (TPSA) is 69.6 Å². The minimum absolute atomic E-state index is 0.136. The van der Waals surface area contributed by atoms with Crippen molar-refractivity contribution in [1.82, 2.24) is 4.90 Å². The van der Waals surface area contributed by atoms with E-state index in [0.29, 0.717) is 35.2 Å². The molecule has 0 bridgehead atoms. The van der Waals surface area contributed by atoms with Crippen molar-refractivity contribution in [2.75, 3.05) is 25.0 Å². The molecule has 1 saturated carbocycles. The Bertz CT molecular complexity index is 632. The van der Waals surface area contributed by atoms with Crippen molar-refractivity contribution in [2.24, 2.45) is 11.3 Å². The highest BCUT2D eigenvalue weighted by molar-refractivity contribution is 6.39. The largest absolute Gasteiger partial charge is 0.481 e. The second kappa shape index (κ2) is 6.30. The van der Waals surface area contributed by atoms with Crippen LogP contribution >= 0.6 is 23.2 Å². The van der Waals surface area contributed by atoms with Gasteiger partial charge in [0.1, 0.15) is 0 Å². The van der Waals surface area contributed by atoms with E-state index in [0.717, 1.165) is 12.8 Å². The van der Waals surface area contributed by atoms with E-state index in [1.807, 2.05) is 4.90 Å². The fourth-order valence-corrected chi connectivity index (χ4v) is 4.35. The number of carboxylic acid groups (broad SMARTS) is 1. The smallest absolute Gasteiger partial charge is 0.311 e. The van der Waals surface area contributed by atoms with Crippen molar-refractivity contribution in [3.63, 3.8) is 0 Å². The molecular formula is C16H18Cl2N2O3. The molecule has 2 aliphatic rings. The van der Waals surface area contributed by atoms with Crippen molar-refractivity contribution in [1.29, 1.82) is 0 Å². The molecule has 1 aliphatic carbocycles. The first kappa shape index (κ1) is 16.6. The lowest BCUT2D eigenvalue weighted by molar-refractivity contribution is -0.149. The second-order valence-electron chi connectivity index (χ2n) is 6.36. The number of amides is 1. The van der Waals surface area contributed by atoms with E-state index in [1.165, 1.54) is 0 Å². The van der Waals surface area contributed by atoms with Gasteiger partial charge in [-0.2, -0.15) is 0 Å². The average molecular weight is 357 g/mol. The first-order chi connectivity index (χ1) is 10.9. The molecule has 124 valence electrons. The molecule has 0 unspecified atom stereocenters. The van der Waals surface area contributed by atoms with Gasteiger partial charge in [-0.05, 0) is 30.9 Å². The zero-order chi connectivity index (χ0) is 16.6. The predicted molar refractivity (Wildman–Crippen MR) is 88.9 cm³/mol. The number of carboxylic acids is 1. The van der Waals surface area contributed by atoms with Crippen molar-refractivity contribution in [3.05, 3.63) is 28.2 Å². The van der Waals surface area contributed by atoms with Crippen LogP contribution < -0.4 is 5.32 Å². The molecular weight excluding hydrogens is 339 g/mol. The number of nitrogens with zero attached hydrogens (tertiary/aromatic N) is 1. The number of nitrogens with one attached hydrogen (secondary N) is 1. The third-order valence-electron chi connectivity index (χ3n) is 4.96. The van der Waals surface area contributed by atoms with E-state index >= 15 is 0 Å². The quantitative estimate of drug-likeness (QED) is 0.869. The summed E-state index contributed by atoms with van der Waals surface area (Å²) in [7, 11) is 0. The Labute approximate surface area is 144 Å². The summed E-state index contributed by atoms with van der Waals surface area (Å²) in [6.45, 7) is 1.22. The Kier molecular flexibility index (Phi) is 4.54. The number of para-hydroxylation sites is 1. The lowest BCUT2D eigenvalue weighted by atomic mass is 9.81. The molecule has 23 heavy (non-hydrogen) atoms. The summed E-state index contributed by atoms with van der Waals surface area (Å²) >= 11 is 12.1. The molecule has 0 aromatic heterocycles. The molecule has 1 aromatic carbocycles. The SMILES string of the molecule is O=C(CN1C[C@@H]2CCC[C@@]2(C(=O)O)C1)Nc1c(Cl)cccc1Cl. The summed E-state index contributed by atoms with van der Waals surface area (Å²) in [5.74, 6) is -0.839. The third-order valence-corrected chi connectivity index (χ3v) is 5.59. The van der Waals surface area contributed by atoms with E-state index in [1.54, 1.807) is 18.2 Å². The van der Waals surface area contributed by atoms with Crippen LogP contribution in [0, 0.1) is 11.3 Å². The Morgan fingerprint density at radius 2 is 2.04 bits per heavy atom. The summed E-state index contributed by atoms with van der Waals surface area (Å²) in [4.78, 5) is 25.8. The van der Waals surface area contributed by atoms with Gasteiger partial charge in [0.25, 0.3) is 0 Å². The van der Waals surface area contributed by atoms with Gasteiger partial charge in [0, 0.05) is 13.1 Å². The van der Waals surface area contributed by atoms with Gasteiger partial charge in [-0.3, -0.25) is 14.5 Å². The van der Waals surface area contributed by atoms with E-state index in [4.69, 9.17) is 23.2 Å². The Morgan fingerprint density at radius 1 is 1.35 bits per heavy atom. The molecule has 3 rings (SSSR count). The molecule has 1 heterocycles. The Hall–Kier alpha value is -1.30. The van der Waals surface area contributed by atoms with Crippen LogP contribution in [0.1, 0.15) is 19.3 Å². The number of fused-ring (bicyclic) bond motifs is 1. The third kappa shape index (κ3) is 3.05. The van der Waals surface area contributed by atoms with Crippen LogP contribution in [0.2, 0.25) is 10.0 Å². The number of aliphatic carboxylic acids is 1. The average Bonchev–Trinajstić information content (AvgIpc) is 3.00. The van der Waals surface area contributed by atoms with Crippen molar-refractivity contribution < 1.29 is 14.7 Å². The maximum atomic E-state index is 12.2. The van der Waals surface area contributed by atoms with Gasteiger partial charge in [0.15, 0.2) is 0 Å². The highest BCUT2D eigenvalue weighted by Gasteiger charge is 2.54. The number of carbonyl (C=O) groups excluding carboxylic acids is 1. The minimum Gasteiger partial charge on any atom is -0.481 e. The molecule has 2 N–H and O–H groups in total. The van der Waals surface area contributed by atoms with Crippen LogP contribution in [0.15, 0.2) is 18.2 Å². The van der Waals surface area contributed by atoms with Gasteiger partial charge in [0.2, 0.25) is 5.91 Å². The fourth-order valence-electron chi connectivity index (χ4n) is 3.86. The van der Waals surface area contributed by atoms with Crippen molar-refractivity contribution >= 4 is 40.8 Å². The Morgan fingerprint density at radius 3 is 2.65 bits per heavy atom. The lowest BCUT2D eigenvalue weighted by Gasteiger charge is -2.23. The molecule has 1 saturated heterocycles. The summed E-state index contributed by atoms with van der Waals surface area (Å²) in [5, 5.41) is 13.1. The summed E-state index contributed by atoms with van der Waals surface area (Å²) in [6, 6.07) is 5.02. The van der Waals surface area contributed by atoms with Gasteiger partial charge in [-0.25, -0.2) is 0 Å². The van der Waals surface area contributed by atoms with Crippen LogP contribution in [0.5, 0.6) is 0 Å². The summed E-state index contributed by atoms with van der Waals surface area (Å²) in [6.07, 6.45) is 2.56. The maximum Gasteiger partial charge on any atom is 0.311 e. The number of carbonyl (C=O) groups is 2. The maximum absolute atomic E-state index is 12.2. The van der Waals surface area contributed by atoms with Gasteiger partial charge < -0.3 is 10.4 Å². The van der Waals surface area contributed by atoms with Gasteiger partial charge in [0.05, 0.1) is 27.7 Å². The molecule has 2 atom stereocenters. The Balaban J connectivity index is 1.65. The standard InChI is InChI=1S/C16H18Cl2N2O3/c17-11-4-1-5-12(18)14(11)19-13(21)8-20-7-10-3-2-6-16(10,9-20)15(22)23/h1,4-5,10H,2-3,6-9H2,(H,19,21)(H,22,23)/t10-,16+/m0/s1. The van der Waals surface area contributed by atoms with Crippen LogP contribution in [0.4, 0.5) is 5.69 Å². The van der Waals surface area contributed by atoms with Crippen LogP contribution in [-0.4, -0.2) is 41.5 Å². The van der Waals surface area contributed by atoms with Gasteiger partial charge in [-0.15, -0.1) is 0 Å². The minimum atomic E-state index is -0.739. The van der Waals surface area contributed by atoms with Gasteiger partial charge in [-0.1, -0.05) is 35.7 Å². The van der Waals surface area contributed by atoms with Crippen LogP contribution in [-0.2, 0) is 9.59 Å². The fraction of sp³-hybridized carbons (Fsp3) is 0.500. The van der Waals surface area contributed by atoms with Gasteiger partial charge >= 0.3 is 5.97 Å². The molecule has 1 aromatic rings. The number of hydrogen-bond donors (Lipinski definition) is 2. The molecule has 1 amide bonds. The lowest BCUT2D eigenvalue weighted by Crippen LogP contribution is -2.37. The number of likely N-dealkylation sites (tertiary alicyclic amines) is 1. The molecule has 2 fully saturated rings. The number of hydrogen-bond acceptors (Lipinski definition) is 3. The highest BCUT2D eigenvalue weighted by atomic mass is 35.5. The molecule has 0 spiro atoms. The van der Waals surface area contributed by atoms with E-state index in [-0.39, 0.29) is 18.4 Å². The number of halogens is 2. The molecule has 7 heteroatoms. The zero-order valence-electron chi connectivity index (χ0n) is 12.5. The monoisotopic (exact) mass is 356 g/mol. The molecule has 1 aliphatic heterocycles. The normalized spacial score (nSPS) is 27.0. The van der Waals surface area contributed by atoms with Crippen LogP contribution in [0.3, 0.4) is 0 Å². The summed E-state index contributed by atoms with van der Waals surface area (Å²) in [5.41, 5.74) is -0.282.